The lowest BCUT2D eigenvalue weighted by molar-refractivity contribution is 0.0689. The minimum absolute atomic E-state index is 0.0595. The fourth-order valence-electron chi connectivity index (χ4n) is 3.56. The third-order valence-corrected chi connectivity index (χ3v) is 5.65. The zero-order chi connectivity index (χ0) is 18.3. The topological polar surface area (TPSA) is 51.5 Å². The van der Waals surface area contributed by atoms with Gasteiger partial charge in [-0.2, -0.15) is 0 Å². The molecule has 0 bridgehead atoms. The monoisotopic (exact) mass is 433 g/mol. The molecule has 0 unspecified atom stereocenters. The molecule has 1 aliphatic rings. The van der Waals surface area contributed by atoms with Gasteiger partial charge in [0.1, 0.15) is 5.75 Å². The molecule has 134 valence electrons. The van der Waals surface area contributed by atoms with Gasteiger partial charge in [-0.15, -0.1) is 0 Å². The SMILES string of the molecule is O=C(O)c1c(Cl)c2cc(Br)ccc2n1-c1ccc(OC2CCCC2)cc1. The summed E-state index contributed by atoms with van der Waals surface area (Å²) in [7, 11) is 0. The van der Waals surface area contributed by atoms with Crippen molar-refractivity contribution in [2.45, 2.75) is 31.8 Å². The van der Waals surface area contributed by atoms with Crippen LogP contribution in [-0.2, 0) is 0 Å². The van der Waals surface area contributed by atoms with Crippen LogP contribution in [0.3, 0.4) is 0 Å². The summed E-state index contributed by atoms with van der Waals surface area (Å²) in [6.45, 7) is 0. The first-order chi connectivity index (χ1) is 12.5. The zero-order valence-corrected chi connectivity index (χ0v) is 16.3. The van der Waals surface area contributed by atoms with E-state index in [1.807, 2.05) is 42.5 Å². The molecule has 1 N–H and O–H groups in total. The molecule has 4 nitrogen and oxygen atoms in total. The fraction of sp³-hybridized carbons (Fsp3) is 0.250. The Balaban J connectivity index is 1.78. The van der Waals surface area contributed by atoms with Crippen LogP contribution in [0.25, 0.3) is 16.6 Å². The number of carbonyl (C=O) groups is 1. The Morgan fingerprint density at radius 1 is 1.15 bits per heavy atom. The molecule has 4 rings (SSSR count). The molecule has 0 radical (unpaired) electrons. The highest BCUT2D eigenvalue weighted by Gasteiger charge is 2.23. The molecule has 6 heteroatoms. The van der Waals surface area contributed by atoms with Crippen molar-refractivity contribution in [3.63, 3.8) is 0 Å². The van der Waals surface area contributed by atoms with Crippen molar-refractivity contribution in [2.24, 2.45) is 0 Å². The number of carboxylic acids is 1. The van der Waals surface area contributed by atoms with Gasteiger partial charge in [0.2, 0.25) is 0 Å². The van der Waals surface area contributed by atoms with Crippen LogP contribution < -0.4 is 4.74 Å². The molecule has 0 spiro atoms. The maximum absolute atomic E-state index is 11.8. The van der Waals surface area contributed by atoms with Gasteiger partial charge in [0.25, 0.3) is 0 Å². The number of rotatable bonds is 4. The van der Waals surface area contributed by atoms with Gasteiger partial charge in [-0.3, -0.25) is 0 Å². The van der Waals surface area contributed by atoms with Crippen LogP contribution >= 0.6 is 27.5 Å². The van der Waals surface area contributed by atoms with E-state index in [2.05, 4.69) is 15.9 Å². The number of ether oxygens (including phenoxy) is 1. The summed E-state index contributed by atoms with van der Waals surface area (Å²) in [6.07, 6.45) is 4.91. The van der Waals surface area contributed by atoms with E-state index in [-0.39, 0.29) is 16.8 Å². The molecule has 1 aromatic heterocycles. The Morgan fingerprint density at radius 3 is 2.50 bits per heavy atom. The molecule has 1 aliphatic carbocycles. The largest absolute Gasteiger partial charge is 0.490 e. The smallest absolute Gasteiger partial charge is 0.354 e. The Bertz CT molecular complexity index is 975. The molecule has 26 heavy (non-hydrogen) atoms. The summed E-state index contributed by atoms with van der Waals surface area (Å²) >= 11 is 9.79. The molecule has 3 aromatic rings. The Labute approximate surface area is 164 Å². The van der Waals surface area contributed by atoms with Crippen LogP contribution in [0.2, 0.25) is 5.02 Å². The van der Waals surface area contributed by atoms with E-state index < -0.39 is 5.97 Å². The Kier molecular flexibility index (Phi) is 4.67. The second kappa shape index (κ2) is 6.97. The van der Waals surface area contributed by atoms with Gasteiger partial charge in [-0.1, -0.05) is 27.5 Å². The van der Waals surface area contributed by atoms with Crippen LogP contribution in [0, 0.1) is 0 Å². The number of benzene rings is 2. The molecular weight excluding hydrogens is 418 g/mol. The summed E-state index contributed by atoms with van der Waals surface area (Å²) in [5.41, 5.74) is 1.55. The first-order valence-electron chi connectivity index (χ1n) is 8.54. The predicted molar refractivity (Wildman–Crippen MR) is 106 cm³/mol. The molecular formula is C20H17BrClNO3. The number of fused-ring (bicyclic) bond motifs is 1. The fourth-order valence-corrected chi connectivity index (χ4v) is 4.23. The van der Waals surface area contributed by atoms with Crippen molar-refractivity contribution in [3.05, 3.63) is 57.7 Å². The second-order valence-electron chi connectivity index (χ2n) is 6.48. The molecule has 1 saturated carbocycles. The average Bonchev–Trinajstić information content (AvgIpc) is 3.22. The van der Waals surface area contributed by atoms with Gasteiger partial charge in [0.15, 0.2) is 5.69 Å². The van der Waals surface area contributed by atoms with Crippen molar-refractivity contribution in [3.8, 4) is 11.4 Å². The molecule has 2 aromatic carbocycles. The summed E-state index contributed by atoms with van der Waals surface area (Å²) in [4.78, 5) is 11.8. The van der Waals surface area contributed by atoms with Crippen molar-refractivity contribution in [1.82, 2.24) is 4.57 Å². The van der Waals surface area contributed by atoms with Gasteiger partial charge < -0.3 is 14.4 Å². The zero-order valence-electron chi connectivity index (χ0n) is 13.9. The van der Waals surface area contributed by atoms with Gasteiger partial charge in [0, 0.05) is 15.5 Å². The first-order valence-corrected chi connectivity index (χ1v) is 9.71. The number of aromatic carboxylic acids is 1. The Hall–Kier alpha value is -1.98. The number of hydrogen-bond donors (Lipinski definition) is 1. The van der Waals surface area contributed by atoms with E-state index in [0.29, 0.717) is 5.39 Å². The maximum atomic E-state index is 11.8. The summed E-state index contributed by atoms with van der Waals surface area (Å²) in [5, 5.41) is 10.6. The number of halogens is 2. The second-order valence-corrected chi connectivity index (χ2v) is 7.78. The lowest BCUT2D eigenvalue weighted by Crippen LogP contribution is -2.11. The van der Waals surface area contributed by atoms with E-state index >= 15 is 0 Å². The third kappa shape index (κ3) is 3.10. The van der Waals surface area contributed by atoms with Gasteiger partial charge in [-0.25, -0.2) is 4.79 Å². The third-order valence-electron chi connectivity index (χ3n) is 4.77. The van der Waals surface area contributed by atoms with Gasteiger partial charge >= 0.3 is 5.97 Å². The summed E-state index contributed by atoms with van der Waals surface area (Å²) in [6, 6.07) is 13.1. The lowest BCUT2D eigenvalue weighted by atomic mass is 10.2. The van der Waals surface area contributed by atoms with Gasteiger partial charge in [-0.05, 0) is 68.1 Å². The Morgan fingerprint density at radius 2 is 1.85 bits per heavy atom. The molecule has 1 heterocycles. The number of nitrogens with zero attached hydrogens (tertiary/aromatic N) is 1. The highest BCUT2D eigenvalue weighted by molar-refractivity contribution is 9.10. The predicted octanol–water partition coefficient (Wildman–Crippen LogP) is 6.07. The minimum atomic E-state index is -1.06. The number of hydrogen-bond acceptors (Lipinski definition) is 2. The lowest BCUT2D eigenvalue weighted by Gasteiger charge is -2.14. The van der Waals surface area contributed by atoms with E-state index in [1.165, 1.54) is 12.8 Å². The first kappa shape index (κ1) is 17.4. The van der Waals surface area contributed by atoms with Crippen molar-refractivity contribution in [2.75, 3.05) is 0 Å². The quantitative estimate of drug-likeness (QED) is 0.542. The van der Waals surface area contributed by atoms with Crippen LogP contribution in [0.5, 0.6) is 5.75 Å². The van der Waals surface area contributed by atoms with Crippen LogP contribution in [0.15, 0.2) is 46.9 Å². The highest BCUT2D eigenvalue weighted by atomic mass is 79.9. The van der Waals surface area contributed by atoms with Crippen molar-refractivity contribution < 1.29 is 14.6 Å². The maximum Gasteiger partial charge on any atom is 0.354 e. The van der Waals surface area contributed by atoms with E-state index in [4.69, 9.17) is 16.3 Å². The summed E-state index contributed by atoms with van der Waals surface area (Å²) < 4.78 is 8.52. The summed E-state index contributed by atoms with van der Waals surface area (Å²) in [5.74, 6) is -0.253. The van der Waals surface area contributed by atoms with Crippen LogP contribution in [0.1, 0.15) is 36.2 Å². The molecule has 0 saturated heterocycles. The van der Waals surface area contributed by atoms with Crippen molar-refractivity contribution >= 4 is 44.4 Å². The van der Waals surface area contributed by atoms with E-state index in [9.17, 15) is 9.90 Å². The molecule has 0 atom stereocenters. The molecule has 0 amide bonds. The van der Waals surface area contributed by atoms with E-state index in [0.717, 1.165) is 34.3 Å². The molecule has 0 aliphatic heterocycles. The van der Waals surface area contributed by atoms with Crippen molar-refractivity contribution in [1.29, 1.82) is 0 Å². The molecule has 1 fully saturated rings. The van der Waals surface area contributed by atoms with Crippen LogP contribution in [0.4, 0.5) is 0 Å². The highest BCUT2D eigenvalue weighted by Crippen LogP contribution is 2.35. The number of aromatic nitrogens is 1. The normalized spacial score (nSPS) is 14.8. The average molecular weight is 435 g/mol. The number of carboxylic acid groups (broad SMARTS) is 1. The minimum Gasteiger partial charge on any atom is -0.490 e. The van der Waals surface area contributed by atoms with Gasteiger partial charge in [0.05, 0.1) is 16.6 Å². The van der Waals surface area contributed by atoms with Crippen LogP contribution in [-0.4, -0.2) is 21.7 Å². The standard InChI is InChI=1S/C20H17BrClNO3/c21-12-5-10-17-16(11-12)18(22)19(20(24)25)23(17)13-6-8-15(9-7-13)26-14-3-1-2-4-14/h5-11,14H,1-4H2,(H,24,25). The van der Waals surface area contributed by atoms with E-state index in [1.54, 1.807) is 4.57 Å².